The second kappa shape index (κ2) is 11.4. The van der Waals surface area contributed by atoms with Crippen LogP contribution in [-0.4, -0.2) is 38.9 Å². The van der Waals surface area contributed by atoms with Gasteiger partial charge in [-0.1, -0.05) is 31.0 Å². The Bertz CT molecular complexity index is 844. The minimum Gasteiger partial charge on any atom is -0.493 e. The maximum atomic E-state index is 5.85. The Kier molecular flexibility index (Phi) is 8.10. The van der Waals surface area contributed by atoms with Gasteiger partial charge in [-0.3, -0.25) is 4.99 Å². The summed E-state index contributed by atoms with van der Waals surface area (Å²) >= 11 is 0. The fourth-order valence-corrected chi connectivity index (χ4v) is 4.86. The number of para-hydroxylation sites is 1. The highest BCUT2D eigenvalue weighted by Crippen LogP contribution is 2.41. The molecular formula is C26H37N3O3. The van der Waals surface area contributed by atoms with Crippen LogP contribution in [0.4, 0.5) is 0 Å². The Morgan fingerprint density at radius 3 is 2.88 bits per heavy atom. The number of benzene rings is 1. The molecule has 1 aliphatic carbocycles. The topological polar surface area (TPSA) is 68.0 Å². The molecule has 6 heteroatoms. The van der Waals surface area contributed by atoms with Crippen LogP contribution in [0.2, 0.25) is 0 Å². The number of nitrogens with zero attached hydrogens (tertiary/aromatic N) is 1. The predicted molar refractivity (Wildman–Crippen MR) is 127 cm³/mol. The summed E-state index contributed by atoms with van der Waals surface area (Å²) in [4.78, 5) is 5.11. The van der Waals surface area contributed by atoms with Crippen molar-refractivity contribution >= 4 is 5.96 Å². The molecule has 2 aliphatic rings. The zero-order valence-electron chi connectivity index (χ0n) is 19.3. The Morgan fingerprint density at radius 1 is 1.19 bits per heavy atom. The van der Waals surface area contributed by atoms with E-state index < -0.39 is 0 Å². The van der Waals surface area contributed by atoms with E-state index in [4.69, 9.17) is 18.9 Å². The van der Waals surface area contributed by atoms with Gasteiger partial charge in [0.2, 0.25) is 0 Å². The lowest BCUT2D eigenvalue weighted by atomic mass is 9.83. The largest absolute Gasteiger partial charge is 0.493 e. The van der Waals surface area contributed by atoms with Crippen molar-refractivity contribution in [3.8, 4) is 5.75 Å². The van der Waals surface area contributed by atoms with E-state index in [2.05, 4.69) is 29.7 Å². The summed E-state index contributed by atoms with van der Waals surface area (Å²) in [5, 5.41) is 7.25. The molecular weight excluding hydrogens is 402 g/mol. The number of fused-ring (bicyclic) bond motifs is 1. The van der Waals surface area contributed by atoms with E-state index in [-0.39, 0.29) is 11.5 Å². The Labute approximate surface area is 191 Å². The molecule has 0 radical (unpaired) electrons. The number of hydrogen-bond donors (Lipinski definition) is 2. The lowest BCUT2D eigenvalue weighted by Crippen LogP contribution is -2.42. The van der Waals surface area contributed by atoms with E-state index in [9.17, 15) is 0 Å². The predicted octanol–water partition coefficient (Wildman–Crippen LogP) is 4.87. The van der Waals surface area contributed by atoms with Crippen LogP contribution in [0.15, 0.2) is 52.1 Å². The van der Waals surface area contributed by atoms with Crippen LogP contribution < -0.4 is 15.4 Å². The van der Waals surface area contributed by atoms with Gasteiger partial charge in [0.1, 0.15) is 11.5 Å². The average molecular weight is 440 g/mol. The molecule has 2 aromatic rings. The van der Waals surface area contributed by atoms with Gasteiger partial charge in [-0.15, -0.1) is 0 Å². The molecule has 0 saturated heterocycles. The minimum atomic E-state index is 0.192. The van der Waals surface area contributed by atoms with Crippen molar-refractivity contribution in [2.45, 2.75) is 57.9 Å². The third kappa shape index (κ3) is 6.06. The van der Waals surface area contributed by atoms with Gasteiger partial charge in [0.15, 0.2) is 5.96 Å². The van der Waals surface area contributed by atoms with Crippen LogP contribution >= 0.6 is 0 Å². The molecule has 4 rings (SSSR count). The molecule has 1 fully saturated rings. The molecule has 6 nitrogen and oxygen atoms in total. The average Bonchev–Trinajstić information content (AvgIpc) is 3.51. The van der Waals surface area contributed by atoms with E-state index >= 15 is 0 Å². The van der Waals surface area contributed by atoms with Crippen molar-refractivity contribution in [2.24, 2.45) is 10.4 Å². The highest BCUT2D eigenvalue weighted by atomic mass is 16.5. The monoisotopic (exact) mass is 439 g/mol. The number of hydrogen-bond acceptors (Lipinski definition) is 4. The second-order valence-corrected chi connectivity index (χ2v) is 8.95. The van der Waals surface area contributed by atoms with Gasteiger partial charge in [-0.2, -0.15) is 0 Å². The Balaban J connectivity index is 1.45. The molecule has 1 unspecified atom stereocenters. The van der Waals surface area contributed by atoms with Gasteiger partial charge >= 0.3 is 0 Å². The summed E-state index contributed by atoms with van der Waals surface area (Å²) in [5.41, 5.74) is 1.46. The summed E-state index contributed by atoms with van der Waals surface area (Å²) in [7, 11) is 0. The molecule has 2 heterocycles. The van der Waals surface area contributed by atoms with Crippen molar-refractivity contribution in [1.82, 2.24) is 10.6 Å². The van der Waals surface area contributed by atoms with Crippen LogP contribution in [0.3, 0.4) is 0 Å². The molecule has 0 amide bonds. The molecule has 1 saturated carbocycles. The van der Waals surface area contributed by atoms with Gasteiger partial charge in [-0.05, 0) is 49.8 Å². The SMILES string of the molecule is CCOCCC1(CN=C(NCCc2ccco2)NC2CCOc3ccccc32)CCCC1. The van der Waals surface area contributed by atoms with Gasteiger partial charge in [0.25, 0.3) is 0 Å². The standard InChI is InChI=1S/C26H37N3O3/c1-2-30-19-15-26(13-5-6-14-26)20-28-25(27-16-11-21-8-7-17-31-21)29-23-12-18-32-24-10-4-3-9-22(23)24/h3-4,7-10,17,23H,2,5-6,11-16,18-20H2,1H3,(H2,27,28,29). The third-order valence-corrected chi connectivity index (χ3v) is 6.73. The molecule has 2 N–H and O–H groups in total. The summed E-state index contributed by atoms with van der Waals surface area (Å²) in [6.07, 6.45) is 9.63. The molecule has 1 aromatic heterocycles. The van der Waals surface area contributed by atoms with E-state index in [0.29, 0.717) is 6.61 Å². The fraction of sp³-hybridized carbons (Fsp3) is 0.577. The number of furan rings is 1. The first-order chi connectivity index (χ1) is 15.8. The minimum absolute atomic E-state index is 0.192. The third-order valence-electron chi connectivity index (χ3n) is 6.73. The number of guanidine groups is 1. The maximum Gasteiger partial charge on any atom is 0.191 e. The van der Waals surface area contributed by atoms with Crippen LogP contribution in [0.1, 0.15) is 62.8 Å². The molecule has 0 bridgehead atoms. The van der Waals surface area contributed by atoms with Gasteiger partial charge in [-0.25, -0.2) is 0 Å². The smallest absolute Gasteiger partial charge is 0.191 e. The van der Waals surface area contributed by atoms with Gasteiger partial charge in [0.05, 0.1) is 18.9 Å². The quantitative estimate of drug-likeness (QED) is 0.314. The van der Waals surface area contributed by atoms with E-state index in [1.165, 1.54) is 31.2 Å². The number of ether oxygens (including phenoxy) is 2. The fourth-order valence-electron chi connectivity index (χ4n) is 4.86. The summed E-state index contributed by atoms with van der Waals surface area (Å²) in [6, 6.07) is 12.4. The van der Waals surface area contributed by atoms with Gasteiger partial charge < -0.3 is 24.5 Å². The Hall–Kier alpha value is -2.47. The second-order valence-electron chi connectivity index (χ2n) is 8.95. The molecule has 32 heavy (non-hydrogen) atoms. The van der Waals surface area contributed by atoms with Crippen molar-refractivity contribution < 1.29 is 13.9 Å². The van der Waals surface area contributed by atoms with Crippen LogP contribution in [-0.2, 0) is 11.2 Å². The number of aliphatic imine (C=N–C) groups is 1. The summed E-state index contributed by atoms with van der Waals surface area (Å²) in [5.74, 6) is 2.83. The van der Waals surface area contributed by atoms with Crippen LogP contribution in [0.25, 0.3) is 0 Å². The Morgan fingerprint density at radius 2 is 2.06 bits per heavy atom. The number of nitrogens with one attached hydrogen (secondary N) is 2. The van der Waals surface area contributed by atoms with Crippen molar-refractivity contribution in [1.29, 1.82) is 0 Å². The van der Waals surface area contributed by atoms with E-state index in [1.807, 2.05) is 24.3 Å². The summed E-state index contributed by atoms with van der Waals surface area (Å²) < 4.78 is 17.0. The maximum absolute atomic E-state index is 5.85. The first-order valence-electron chi connectivity index (χ1n) is 12.1. The molecule has 1 aromatic carbocycles. The van der Waals surface area contributed by atoms with Gasteiger partial charge in [0, 0.05) is 44.7 Å². The first-order valence-corrected chi connectivity index (χ1v) is 12.1. The first kappa shape index (κ1) is 22.7. The highest BCUT2D eigenvalue weighted by molar-refractivity contribution is 5.80. The molecule has 174 valence electrons. The number of rotatable bonds is 10. The van der Waals surface area contributed by atoms with E-state index in [0.717, 1.165) is 63.0 Å². The van der Waals surface area contributed by atoms with Crippen molar-refractivity contribution in [2.75, 3.05) is 32.9 Å². The molecule has 0 spiro atoms. The molecule has 1 aliphatic heterocycles. The normalized spacial score (nSPS) is 19.9. The summed E-state index contributed by atoms with van der Waals surface area (Å²) in [6.45, 7) is 6.00. The lowest BCUT2D eigenvalue weighted by molar-refractivity contribution is 0.107. The lowest BCUT2D eigenvalue weighted by Gasteiger charge is -2.30. The highest BCUT2D eigenvalue weighted by Gasteiger charge is 2.33. The van der Waals surface area contributed by atoms with Crippen LogP contribution in [0, 0.1) is 5.41 Å². The zero-order valence-corrected chi connectivity index (χ0v) is 19.3. The van der Waals surface area contributed by atoms with Crippen molar-refractivity contribution in [3.05, 3.63) is 54.0 Å². The van der Waals surface area contributed by atoms with E-state index in [1.54, 1.807) is 6.26 Å². The zero-order chi connectivity index (χ0) is 22.1. The van der Waals surface area contributed by atoms with Crippen molar-refractivity contribution in [3.63, 3.8) is 0 Å². The van der Waals surface area contributed by atoms with Crippen LogP contribution in [0.5, 0.6) is 5.75 Å². The molecule has 1 atom stereocenters.